The van der Waals surface area contributed by atoms with Crippen LogP contribution in [0.4, 0.5) is 0 Å². The zero-order valence-corrected chi connectivity index (χ0v) is 16.9. The van der Waals surface area contributed by atoms with Crippen molar-refractivity contribution >= 4 is 5.97 Å². The third-order valence-corrected chi connectivity index (χ3v) is 8.60. The predicted molar refractivity (Wildman–Crippen MR) is 102 cm³/mol. The molecule has 0 amide bonds. The predicted octanol–water partition coefficient (Wildman–Crippen LogP) is 4.54. The van der Waals surface area contributed by atoms with E-state index in [1.165, 1.54) is 26.2 Å². The van der Waals surface area contributed by atoms with Crippen LogP contribution in [0.25, 0.3) is 0 Å². The Bertz CT molecular complexity index is 716. The molecule has 3 fully saturated rings. The quantitative estimate of drug-likeness (QED) is 0.501. The van der Waals surface area contributed by atoms with E-state index in [9.17, 15) is 4.79 Å². The SMILES string of the molecule is CC(=O)OC1C=C[C@@]2(C)C(CCC3=C4CCC5(OCCO5)[C@@]4(C)CCC32)C1. The van der Waals surface area contributed by atoms with E-state index in [1.807, 2.05) is 0 Å². The third-order valence-electron chi connectivity index (χ3n) is 8.60. The topological polar surface area (TPSA) is 44.8 Å². The van der Waals surface area contributed by atoms with Crippen molar-refractivity contribution in [3.05, 3.63) is 23.3 Å². The molecule has 1 aliphatic heterocycles. The Balaban J connectivity index is 1.49. The summed E-state index contributed by atoms with van der Waals surface area (Å²) < 4.78 is 17.9. The fraction of sp³-hybridized carbons (Fsp3) is 0.783. The average molecular weight is 373 g/mol. The summed E-state index contributed by atoms with van der Waals surface area (Å²) in [6.45, 7) is 7.82. The summed E-state index contributed by atoms with van der Waals surface area (Å²) in [6, 6.07) is 0. The summed E-state index contributed by atoms with van der Waals surface area (Å²) in [7, 11) is 0. The van der Waals surface area contributed by atoms with E-state index in [-0.39, 0.29) is 28.7 Å². The highest BCUT2D eigenvalue weighted by molar-refractivity contribution is 5.66. The number of ether oxygens (including phenoxy) is 3. The fourth-order valence-electron chi connectivity index (χ4n) is 7.20. The van der Waals surface area contributed by atoms with Crippen LogP contribution < -0.4 is 0 Å². The number of hydrogen-bond donors (Lipinski definition) is 0. The average Bonchev–Trinajstić information content (AvgIpc) is 3.21. The lowest BCUT2D eigenvalue weighted by Crippen LogP contribution is -2.50. The van der Waals surface area contributed by atoms with E-state index in [1.54, 1.807) is 11.1 Å². The number of hydrogen-bond acceptors (Lipinski definition) is 4. The molecule has 0 aromatic carbocycles. The Morgan fingerprint density at radius 3 is 2.67 bits per heavy atom. The van der Waals surface area contributed by atoms with Crippen molar-refractivity contribution in [1.29, 1.82) is 0 Å². The lowest BCUT2D eigenvalue weighted by Gasteiger charge is -2.55. The van der Waals surface area contributed by atoms with Crippen LogP contribution >= 0.6 is 0 Å². The van der Waals surface area contributed by atoms with Crippen LogP contribution in [0.2, 0.25) is 0 Å². The monoisotopic (exact) mass is 372 g/mol. The normalized spacial score (nSPS) is 44.8. The number of allylic oxidation sites excluding steroid dienone is 2. The van der Waals surface area contributed by atoms with Crippen molar-refractivity contribution in [3.8, 4) is 0 Å². The lowest BCUT2D eigenvalue weighted by molar-refractivity contribution is -0.213. The molecule has 0 radical (unpaired) electrons. The summed E-state index contributed by atoms with van der Waals surface area (Å²) in [4.78, 5) is 11.4. The minimum atomic E-state index is -0.360. The van der Waals surface area contributed by atoms with Gasteiger partial charge in [-0.15, -0.1) is 0 Å². The molecule has 5 rings (SSSR count). The zero-order chi connectivity index (χ0) is 18.9. The molecule has 0 aromatic heterocycles. The van der Waals surface area contributed by atoms with Gasteiger partial charge < -0.3 is 14.2 Å². The van der Waals surface area contributed by atoms with E-state index in [4.69, 9.17) is 14.2 Å². The van der Waals surface area contributed by atoms with Crippen molar-refractivity contribution in [2.75, 3.05) is 13.2 Å². The van der Waals surface area contributed by atoms with Gasteiger partial charge in [0.05, 0.1) is 13.2 Å². The van der Waals surface area contributed by atoms with Crippen LogP contribution in [0.15, 0.2) is 23.3 Å². The summed E-state index contributed by atoms with van der Waals surface area (Å²) in [5.41, 5.74) is 3.59. The van der Waals surface area contributed by atoms with Crippen LogP contribution in [0, 0.1) is 22.7 Å². The molecule has 1 saturated heterocycles. The third kappa shape index (κ3) is 2.38. The molecular weight excluding hydrogens is 340 g/mol. The second-order valence-electron chi connectivity index (χ2n) is 9.72. The van der Waals surface area contributed by atoms with Crippen LogP contribution in [0.3, 0.4) is 0 Å². The number of esters is 1. The Hall–Kier alpha value is -1.13. The van der Waals surface area contributed by atoms with E-state index >= 15 is 0 Å². The zero-order valence-electron chi connectivity index (χ0n) is 16.9. The molecule has 5 atom stereocenters. The summed E-state index contributed by atoms with van der Waals surface area (Å²) in [6.07, 6.45) is 12.3. The smallest absolute Gasteiger partial charge is 0.303 e. The first kappa shape index (κ1) is 17.9. The Kier molecular flexibility index (Phi) is 3.94. The molecule has 4 nitrogen and oxygen atoms in total. The number of carbonyl (C=O) groups is 1. The van der Waals surface area contributed by atoms with Crippen molar-refractivity contribution in [3.63, 3.8) is 0 Å². The van der Waals surface area contributed by atoms with Crippen LogP contribution in [-0.4, -0.2) is 31.1 Å². The first-order chi connectivity index (χ1) is 12.9. The van der Waals surface area contributed by atoms with Gasteiger partial charge in [0, 0.05) is 18.8 Å². The van der Waals surface area contributed by atoms with Crippen molar-refractivity contribution in [1.82, 2.24) is 0 Å². The molecule has 5 aliphatic rings. The minimum Gasteiger partial charge on any atom is -0.458 e. The Morgan fingerprint density at radius 2 is 1.93 bits per heavy atom. The summed E-state index contributed by atoms with van der Waals surface area (Å²) in [5.74, 6) is 0.680. The highest BCUT2D eigenvalue weighted by Crippen LogP contribution is 2.66. The maximum Gasteiger partial charge on any atom is 0.303 e. The van der Waals surface area contributed by atoms with Gasteiger partial charge in [-0.05, 0) is 61.9 Å². The molecule has 4 aliphatic carbocycles. The molecule has 2 saturated carbocycles. The van der Waals surface area contributed by atoms with Gasteiger partial charge in [-0.2, -0.15) is 0 Å². The van der Waals surface area contributed by atoms with Gasteiger partial charge in [0.1, 0.15) is 6.10 Å². The maximum absolute atomic E-state index is 11.4. The summed E-state index contributed by atoms with van der Waals surface area (Å²) in [5, 5.41) is 0. The molecule has 0 bridgehead atoms. The van der Waals surface area contributed by atoms with Crippen molar-refractivity contribution < 1.29 is 19.0 Å². The molecule has 4 heteroatoms. The first-order valence-corrected chi connectivity index (χ1v) is 10.7. The van der Waals surface area contributed by atoms with Crippen molar-refractivity contribution in [2.45, 2.75) is 77.6 Å². The number of rotatable bonds is 1. The standard InChI is InChI=1S/C23H32O4/c1-15(24)27-17-6-9-21(2)16(14-17)4-5-18-19(21)7-10-22(3)20(18)8-11-23(22)25-12-13-26-23/h6,9,16-17,19H,4-5,7-8,10-14H2,1-3H3/t16?,17?,19?,21-,22-/m0/s1. The van der Waals surface area contributed by atoms with Gasteiger partial charge in [0.2, 0.25) is 0 Å². The largest absolute Gasteiger partial charge is 0.458 e. The second-order valence-corrected chi connectivity index (χ2v) is 9.72. The lowest BCUT2D eigenvalue weighted by atomic mass is 9.51. The Morgan fingerprint density at radius 1 is 1.15 bits per heavy atom. The summed E-state index contributed by atoms with van der Waals surface area (Å²) >= 11 is 0. The van der Waals surface area contributed by atoms with Crippen LogP contribution in [0.5, 0.6) is 0 Å². The van der Waals surface area contributed by atoms with E-state index in [2.05, 4.69) is 26.0 Å². The van der Waals surface area contributed by atoms with Gasteiger partial charge in [0.15, 0.2) is 5.79 Å². The molecule has 27 heavy (non-hydrogen) atoms. The first-order valence-electron chi connectivity index (χ1n) is 10.7. The van der Waals surface area contributed by atoms with Gasteiger partial charge in [0.25, 0.3) is 0 Å². The van der Waals surface area contributed by atoms with E-state index < -0.39 is 0 Å². The van der Waals surface area contributed by atoms with Gasteiger partial charge in [-0.1, -0.05) is 31.1 Å². The van der Waals surface area contributed by atoms with Gasteiger partial charge in [-0.3, -0.25) is 4.79 Å². The Labute approximate surface area is 162 Å². The minimum absolute atomic E-state index is 0.0429. The van der Waals surface area contributed by atoms with Crippen molar-refractivity contribution in [2.24, 2.45) is 22.7 Å². The molecule has 1 spiro atoms. The molecular formula is C23H32O4. The molecule has 3 unspecified atom stereocenters. The maximum atomic E-state index is 11.4. The van der Waals surface area contributed by atoms with E-state index in [0.717, 1.165) is 38.9 Å². The molecule has 1 heterocycles. The second kappa shape index (κ2) is 5.93. The number of carbonyl (C=O) groups excluding carboxylic acids is 1. The van der Waals surface area contributed by atoms with Crippen LogP contribution in [-0.2, 0) is 19.0 Å². The van der Waals surface area contributed by atoms with E-state index in [0.29, 0.717) is 11.8 Å². The van der Waals surface area contributed by atoms with Crippen LogP contribution in [0.1, 0.15) is 65.7 Å². The highest BCUT2D eigenvalue weighted by Gasteiger charge is 2.62. The molecule has 0 aromatic rings. The van der Waals surface area contributed by atoms with Gasteiger partial charge >= 0.3 is 5.97 Å². The highest BCUT2D eigenvalue weighted by atomic mass is 16.7. The van der Waals surface area contributed by atoms with Gasteiger partial charge in [-0.25, -0.2) is 0 Å². The molecule has 0 N–H and O–H groups in total. The number of fused-ring (bicyclic) bond motifs is 5. The fourth-order valence-corrected chi connectivity index (χ4v) is 7.20. The molecule has 148 valence electrons.